The number of benzene rings is 1. The summed E-state index contributed by atoms with van der Waals surface area (Å²) in [6.45, 7) is -0.539. The molecule has 2 atom stereocenters. The van der Waals surface area contributed by atoms with E-state index in [0.29, 0.717) is 40.4 Å². The molecule has 2 aliphatic rings. The van der Waals surface area contributed by atoms with Gasteiger partial charge < -0.3 is 10.0 Å². The Hall–Kier alpha value is -2.42. The van der Waals surface area contributed by atoms with Crippen molar-refractivity contribution in [2.75, 3.05) is 25.0 Å². The normalized spacial score (nSPS) is 22.4. The molecular formula is C20H25Cl2N7O. The van der Waals surface area contributed by atoms with Crippen molar-refractivity contribution in [2.45, 2.75) is 24.9 Å². The number of halogens is 2. The standard InChI is InChI=1S/C20H23N7O.2ClH/c1-25-10-14(8-22-25)13-3-6-17(19(28)7-13)18-9-21-20(24-23-18)27-11-15-4-5-16(12-27)26(15)2;;/h3,6-10,15-16,28H,4-5,11-12H2,1-2H3;2*1H/i1D3;;. The maximum Gasteiger partial charge on any atom is 0.245 e. The van der Waals surface area contributed by atoms with E-state index in [-0.39, 0.29) is 30.6 Å². The van der Waals surface area contributed by atoms with Crippen molar-refractivity contribution in [3.8, 4) is 28.1 Å². The van der Waals surface area contributed by atoms with Crippen molar-refractivity contribution in [2.24, 2.45) is 6.98 Å². The maximum atomic E-state index is 10.5. The monoisotopic (exact) mass is 452 g/mol. The van der Waals surface area contributed by atoms with Gasteiger partial charge in [-0.25, -0.2) is 4.98 Å². The number of phenolic OH excluding ortho intramolecular Hbond substituents is 1. The minimum Gasteiger partial charge on any atom is -0.507 e. The Bertz CT molecular complexity index is 1100. The molecule has 0 amide bonds. The SMILES string of the molecule is Cl.Cl.[2H]C([2H])([2H])n1cc(-c2ccc(-c3cnc(N4CC5CCC(C4)N5C)nn3)c(O)c2)cn1. The van der Waals surface area contributed by atoms with Crippen LogP contribution in [0.15, 0.2) is 36.8 Å². The number of rotatable bonds is 3. The largest absolute Gasteiger partial charge is 0.507 e. The Balaban J connectivity index is 0.00000153. The van der Waals surface area contributed by atoms with Gasteiger partial charge in [0.15, 0.2) is 0 Å². The molecule has 2 unspecified atom stereocenters. The Morgan fingerprint density at radius 1 is 1.07 bits per heavy atom. The highest BCUT2D eigenvalue weighted by Crippen LogP contribution is 2.33. The number of phenols is 1. The number of aryl methyl sites for hydroxylation is 1. The van der Waals surface area contributed by atoms with Gasteiger partial charge in [0, 0.05) is 53.6 Å². The van der Waals surface area contributed by atoms with Gasteiger partial charge in [0.05, 0.1) is 12.4 Å². The van der Waals surface area contributed by atoms with E-state index in [1.54, 1.807) is 24.4 Å². The third-order valence-electron chi connectivity index (χ3n) is 5.87. The molecule has 0 saturated carbocycles. The molecule has 2 bridgehead atoms. The number of hydrogen-bond donors (Lipinski definition) is 1. The third-order valence-corrected chi connectivity index (χ3v) is 5.87. The van der Waals surface area contributed by atoms with Crippen LogP contribution >= 0.6 is 24.8 Å². The molecule has 8 nitrogen and oxygen atoms in total. The zero-order chi connectivity index (χ0) is 21.8. The van der Waals surface area contributed by atoms with Gasteiger partial charge in [0.1, 0.15) is 11.4 Å². The lowest BCUT2D eigenvalue weighted by Crippen LogP contribution is -2.52. The summed E-state index contributed by atoms with van der Waals surface area (Å²) < 4.78 is 23.2. The van der Waals surface area contributed by atoms with Crippen molar-refractivity contribution in [3.05, 3.63) is 36.8 Å². The number of anilines is 1. The van der Waals surface area contributed by atoms with Crippen LogP contribution in [0.4, 0.5) is 5.95 Å². The van der Waals surface area contributed by atoms with Crippen LogP contribution in [-0.2, 0) is 6.98 Å². The van der Waals surface area contributed by atoms with Crippen LogP contribution in [0, 0.1) is 0 Å². The Kier molecular flexibility index (Phi) is 5.35. The molecule has 0 radical (unpaired) electrons. The lowest BCUT2D eigenvalue weighted by molar-refractivity contribution is 0.211. The number of aromatic nitrogens is 5. The van der Waals surface area contributed by atoms with E-state index >= 15 is 0 Å². The maximum absolute atomic E-state index is 10.5. The number of hydrogen-bond acceptors (Lipinski definition) is 7. The fourth-order valence-corrected chi connectivity index (χ4v) is 4.21. The van der Waals surface area contributed by atoms with E-state index in [0.717, 1.165) is 17.8 Å². The summed E-state index contributed by atoms with van der Waals surface area (Å²) >= 11 is 0. The fraction of sp³-hybridized carbons (Fsp3) is 0.400. The van der Waals surface area contributed by atoms with E-state index in [9.17, 15) is 5.11 Å². The fourth-order valence-electron chi connectivity index (χ4n) is 4.21. The number of likely N-dealkylation sites (N-methyl/N-ethyl adjacent to an activating group) is 1. The molecule has 2 aliphatic heterocycles. The van der Waals surface area contributed by atoms with Gasteiger partial charge in [0.25, 0.3) is 0 Å². The molecule has 1 aromatic carbocycles. The molecule has 10 heteroatoms. The molecule has 2 aromatic heterocycles. The van der Waals surface area contributed by atoms with Crippen LogP contribution in [-0.4, -0.2) is 67.2 Å². The van der Waals surface area contributed by atoms with Crippen molar-refractivity contribution in [3.63, 3.8) is 0 Å². The van der Waals surface area contributed by atoms with Crippen molar-refractivity contribution in [1.29, 1.82) is 0 Å². The number of aromatic hydroxyl groups is 1. The van der Waals surface area contributed by atoms with Crippen LogP contribution in [0.5, 0.6) is 5.75 Å². The first-order valence-corrected chi connectivity index (χ1v) is 9.35. The molecule has 4 heterocycles. The van der Waals surface area contributed by atoms with Crippen LogP contribution in [0.1, 0.15) is 17.0 Å². The van der Waals surface area contributed by atoms with Crippen LogP contribution in [0.3, 0.4) is 0 Å². The first kappa shape index (κ1) is 18.4. The quantitative estimate of drug-likeness (QED) is 0.653. The number of nitrogens with zero attached hydrogens (tertiary/aromatic N) is 7. The molecule has 2 saturated heterocycles. The lowest BCUT2D eigenvalue weighted by atomic mass is 10.0. The summed E-state index contributed by atoms with van der Waals surface area (Å²) in [5.41, 5.74) is 2.24. The summed E-state index contributed by atoms with van der Waals surface area (Å²) in [7, 11) is 2.18. The van der Waals surface area contributed by atoms with E-state index in [1.807, 2.05) is 0 Å². The molecule has 1 N–H and O–H groups in total. The Morgan fingerprint density at radius 3 is 2.43 bits per heavy atom. The zero-order valence-corrected chi connectivity index (χ0v) is 18.0. The predicted octanol–water partition coefficient (Wildman–Crippen LogP) is 2.77. The minimum atomic E-state index is -2.34. The summed E-state index contributed by atoms with van der Waals surface area (Å²) in [6, 6.07) is 6.13. The predicted molar refractivity (Wildman–Crippen MR) is 120 cm³/mol. The molecule has 3 aromatic rings. The van der Waals surface area contributed by atoms with Crippen molar-refractivity contribution >= 4 is 30.8 Å². The summed E-state index contributed by atoms with van der Waals surface area (Å²) in [6.07, 6.45) is 6.92. The van der Waals surface area contributed by atoms with Crippen LogP contribution in [0.2, 0.25) is 0 Å². The molecule has 2 fully saturated rings. The average molecular weight is 453 g/mol. The van der Waals surface area contributed by atoms with Gasteiger partial charge in [-0.05, 0) is 37.6 Å². The second-order valence-corrected chi connectivity index (χ2v) is 7.50. The third kappa shape index (κ3) is 3.95. The first-order chi connectivity index (χ1) is 14.8. The highest BCUT2D eigenvalue weighted by Gasteiger charge is 2.38. The molecule has 30 heavy (non-hydrogen) atoms. The van der Waals surface area contributed by atoms with Gasteiger partial charge in [-0.2, -0.15) is 5.10 Å². The van der Waals surface area contributed by atoms with E-state index in [2.05, 4.69) is 37.1 Å². The second-order valence-electron chi connectivity index (χ2n) is 7.50. The molecule has 0 spiro atoms. The number of fused-ring (bicyclic) bond motifs is 2. The van der Waals surface area contributed by atoms with Crippen molar-refractivity contribution < 1.29 is 9.22 Å². The lowest BCUT2D eigenvalue weighted by Gasteiger charge is -2.38. The summed E-state index contributed by atoms with van der Waals surface area (Å²) in [5, 5.41) is 23.0. The average Bonchev–Trinajstić information content (AvgIpc) is 3.30. The zero-order valence-electron chi connectivity index (χ0n) is 19.3. The topological polar surface area (TPSA) is 83.2 Å². The van der Waals surface area contributed by atoms with Crippen LogP contribution < -0.4 is 4.90 Å². The molecule has 0 aliphatic carbocycles. The molecule has 5 rings (SSSR count). The van der Waals surface area contributed by atoms with Gasteiger partial charge in [-0.1, -0.05) is 6.07 Å². The van der Waals surface area contributed by atoms with Gasteiger partial charge >= 0.3 is 0 Å². The van der Waals surface area contributed by atoms with Gasteiger partial charge in [0.2, 0.25) is 5.95 Å². The van der Waals surface area contributed by atoms with E-state index < -0.39 is 6.98 Å². The van der Waals surface area contributed by atoms with Crippen LogP contribution in [0.25, 0.3) is 22.4 Å². The second kappa shape index (κ2) is 8.75. The smallest absolute Gasteiger partial charge is 0.245 e. The first-order valence-electron chi connectivity index (χ1n) is 10.8. The summed E-state index contributed by atoms with van der Waals surface area (Å²) in [4.78, 5) is 9.13. The number of piperazine rings is 1. The van der Waals surface area contributed by atoms with E-state index in [4.69, 9.17) is 4.11 Å². The van der Waals surface area contributed by atoms with Gasteiger partial charge in [-0.15, -0.1) is 35.0 Å². The molecular weight excluding hydrogens is 425 g/mol. The van der Waals surface area contributed by atoms with Gasteiger partial charge in [-0.3, -0.25) is 9.58 Å². The van der Waals surface area contributed by atoms with E-state index in [1.165, 1.54) is 25.2 Å². The highest BCUT2D eigenvalue weighted by molar-refractivity contribution is 5.85. The Morgan fingerprint density at radius 2 is 1.83 bits per heavy atom. The molecule has 160 valence electrons. The van der Waals surface area contributed by atoms with Crippen molar-refractivity contribution in [1.82, 2.24) is 29.9 Å². The minimum absolute atomic E-state index is 0. The summed E-state index contributed by atoms with van der Waals surface area (Å²) in [5.74, 6) is 0.627. The highest BCUT2D eigenvalue weighted by atomic mass is 35.5. The Labute approximate surface area is 192 Å².